The van der Waals surface area contributed by atoms with E-state index in [9.17, 15) is 5.11 Å². The van der Waals surface area contributed by atoms with Crippen molar-refractivity contribution in [1.82, 2.24) is 0 Å². The molecule has 1 atom stereocenters. The molecule has 0 fully saturated rings. The molecular weight excluding hydrogens is 488 g/mol. The van der Waals surface area contributed by atoms with E-state index in [1.807, 2.05) is 18.2 Å². The van der Waals surface area contributed by atoms with E-state index in [-0.39, 0.29) is 5.69 Å². The van der Waals surface area contributed by atoms with Crippen molar-refractivity contribution >= 4 is 36.9 Å². The normalized spacial score (nSPS) is 11.8. The molecule has 0 amide bonds. The van der Waals surface area contributed by atoms with Gasteiger partial charge in [0, 0.05) is 12.1 Å². The number of nitrogens with one attached hydrogen (secondary N) is 1. The first-order chi connectivity index (χ1) is 14.1. The summed E-state index contributed by atoms with van der Waals surface area (Å²) in [5.41, 5.74) is 0.289. The van der Waals surface area contributed by atoms with Gasteiger partial charge in [-0.1, -0.05) is 6.07 Å². The number of hydrogen-bond donors (Lipinski definition) is 1. The molecule has 1 aromatic heterocycles. The molecule has 2 N–H and O–H groups in total. The summed E-state index contributed by atoms with van der Waals surface area (Å²) in [5, 5.41) is 18.7. The van der Waals surface area contributed by atoms with Crippen LogP contribution in [0.4, 0.5) is 0 Å². The fourth-order valence-electron chi connectivity index (χ4n) is 3.06. The summed E-state index contributed by atoms with van der Waals surface area (Å²) in [7, 11) is 7.33. The second-order valence-corrected chi connectivity index (χ2v) is 18.9. The van der Waals surface area contributed by atoms with Crippen LogP contribution < -0.4 is 20.8 Å². The average Bonchev–Trinajstić information content (AvgIpc) is 2.81. The molecular formula is C24H22ClNO2Sn. The number of aliphatic hydroxyl groups excluding tert-OH is 1. The minimum Gasteiger partial charge on any atom is -0.823 e. The van der Waals surface area contributed by atoms with E-state index in [1.54, 1.807) is 18.3 Å². The third kappa shape index (κ3) is 5.46. The first-order valence-electron chi connectivity index (χ1n) is 9.28. The molecule has 146 valence electrons. The Labute approximate surface area is 178 Å². The predicted octanol–water partition coefficient (Wildman–Crippen LogP) is 1.74. The Kier molecular flexibility index (Phi) is 7.83. The maximum Gasteiger partial charge on any atom is 0.191 e. The van der Waals surface area contributed by atoms with Gasteiger partial charge in [-0.2, -0.15) is 0 Å². The number of H-pyrrole nitrogens is 1. The van der Waals surface area contributed by atoms with Gasteiger partial charge in [-0.3, -0.25) is 0 Å². The predicted molar refractivity (Wildman–Crippen MR) is 118 cm³/mol. The fraction of sp³-hybridized carbons (Fsp3) is 0.0417. The van der Waals surface area contributed by atoms with Gasteiger partial charge in [0.15, 0.2) is 11.9 Å². The third-order valence-electron chi connectivity index (χ3n) is 4.51. The van der Waals surface area contributed by atoms with Crippen molar-refractivity contribution in [1.29, 1.82) is 0 Å². The minimum atomic E-state index is -3.30. The van der Waals surface area contributed by atoms with Gasteiger partial charge in [0.1, 0.15) is 0 Å². The van der Waals surface area contributed by atoms with Crippen LogP contribution in [0.5, 0.6) is 0 Å². The van der Waals surface area contributed by atoms with Gasteiger partial charge >= 0.3 is 128 Å². The Bertz CT molecular complexity index is 888. The van der Waals surface area contributed by atoms with Gasteiger partial charge in [0.25, 0.3) is 0 Å². The monoisotopic (exact) mass is 511 g/mol. The fourth-order valence-corrected chi connectivity index (χ4v) is 14.0. The van der Waals surface area contributed by atoms with Gasteiger partial charge < -0.3 is 10.2 Å². The molecule has 0 bridgehead atoms. The Morgan fingerprint density at radius 3 is 1.31 bits per heavy atom. The van der Waals surface area contributed by atoms with Crippen LogP contribution in [0.3, 0.4) is 0 Å². The van der Waals surface area contributed by atoms with Crippen molar-refractivity contribution < 1.29 is 15.2 Å². The molecule has 1 unspecified atom stereocenters. The van der Waals surface area contributed by atoms with E-state index in [0.717, 1.165) is 0 Å². The molecule has 0 saturated heterocycles. The molecule has 0 aliphatic rings. The molecule has 4 aromatic rings. The zero-order valence-corrected chi connectivity index (χ0v) is 19.4. The van der Waals surface area contributed by atoms with Crippen molar-refractivity contribution in [2.24, 2.45) is 0 Å². The average molecular weight is 511 g/mol. The first-order valence-corrected chi connectivity index (χ1v) is 17.2. The molecule has 0 saturated carbocycles. The molecule has 3 aromatic carbocycles. The number of aromatic amines is 1. The molecule has 4 rings (SSSR count). The number of rotatable bonds is 4. The topological polar surface area (TPSA) is 57.4 Å². The van der Waals surface area contributed by atoms with E-state index in [0.29, 0.717) is 0 Å². The zero-order chi connectivity index (χ0) is 20.5. The Morgan fingerprint density at radius 2 is 1.03 bits per heavy atom. The molecule has 29 heavy (non-hydrogen) atoms. The Morgan fingerprint density at radius 1 is 0.655 bits per heavy atom. The molecule has 3 nitrogen and oxygen atoms in total. The molecule has 5 heteroatoms. The number of hydrogen-bond acceptors (Lipinski definition) is 2. The summed E-state index contributed by atoms with van der Waals surface area (Å²) in [6.45, 7) is 0. The Hall–Kier alpha value is -2.18. The van der Waals surface area contributed by atoms with E-state index in [4.69, 9.17) is 14.0 Å². The van der Waals surface area contributed by atoms with Gasteiger partial charge in [-0.25, -0.2) is 4.98 Å². The first kappa shape index (κ1) is 21.5. The third-order valence-corrected chi connectivity index (χ3v) is 18.6. The van der Waals surface area contributed by atoms with Gasteiger partial charge in [-0.05, 0) is 0 Å². The number of aliphatic hydroxyl groups is 1. The van der Waals surface area contributed by atoms with Gasteiger partial charge in [0.05, 0.1) is 6.29 Å². The SMILES string of the molecule is [Cl][Sn]([c]1ccccc1)([c]1ccccc1)[c]1ccccc1.[O-]C(O)c1cccc[nH+]1. The van der Waals surface area contributed by atoms with Crippen LogP contribution in [-0.2, 0) is 0 Å². The summed E-state index contributed by atoms with van der Waals surface area (Å²) < 4.78 is 3.88. The van der Waals surface area contributed by atoms with Crippen LogP contribution in [0, 0.1) is 0 Å². The van der Waals surface area contributed by atoms with E-state index < -0.39 is 23.5 Å². The number of halogens is 1. The maximum absolute atomic E-state index is 10.3. The summed E-state index contributed by atoms with van der Waals surface area (Å²) in [4.78, 5) is 2.61. The molecule has 0 aliphatic heterocycles. The standard InChI is InChI=1S/C6H6NO2.3C6H5.ClH.Sn/c8-6(9)5-3-1-2-4-7-5;3*1-2-4-6-5-3-1;;/h1-4,6,8H;3*1-5H;1H;/q-1;;;;;+1. The van der Waals surface area contributed by atoms with Crippen LogP contribution in [0.1, 0.15) is 12.0 Å². The number of aromatic nitrogens is 1. The second kappa shape index (κ2) is 10.6. The van der Waals surface area contributed by atoms with Crippen LogP contribution in [-0.4, -0.2) is 22.4 Å². The summed E-state index contributed by atoms with van der Waals surface area (Å²) in [6, 6.07) is 36.6. The second-order valence-electron chi connectivity index (χ2n) is 6.43. The minimum absolute atomic E-state index is 0.289. The van der Waals surface area contributed by atoms with Crippen molar-refractivity contribution in [2.45, 2.75) is 6.29 Å². The molecule has 0 radical (unpaired) electrons. The van der Waals surface area contributed by atoms with Crippen molar-refractivity contribution in [3.63, 3.8) is 0 Å². The number of pyridine rings is 1. The van der Waals surface area contributed by atoms with E-state index in [1.165, 1.54) is 16.8 Å². The van der Waals surface area contributed by atoms with Crippen molar-refractivity contribution in [3.8, 4) is 0 Å². The van der Waals surface area contributed by atoms with Crippen LogP contribution >= 0.6 is 8.92 Å². The Balaban J connectivity index is 0.000000224. The van der Waals surface area contributed by atoms with Crippen LogP contribution in [0.25, 0.3) is 0 Å². The van der Waals surface area contributed by atoms with Gasteiger partial charge in [0.2, 0.25) is 0 Å². The van der Waals surface area contributed by atoms with Crippen LogP contribution in [0.2, 0.25) is 0 Å². The smallest absolute Gasteiger partial charge is 0.191 e. The maximum atomic E-state index is 10.3. The summed E-state index contributed by atoms with van der Waals surface area (Å²) >= 11 is -3.30. The van der Waals surface area contributed by atoms with E-state index in [2.05, 4.69) is 77.8 Å². The zero-order valence-electron chi connectivity index (χ0n) is 15.8. The van der Waals surface area contributed by atoms with Crippen LogP contribution in [0.15, 0.2) is 115 Å². The summed E-state index contributed by atoms with van der Waals surface area (Å²) in [5.74, 6) is 0. The van der Waals surface area contributed by atoms with Crippen molar-refractivity contribution in [2.75, 3.05) is 0 Å². The summed E-state index contributed by atoms with van der Waals surface area (Å²) in [6.07, 6.45) is -0.0533. The molecule has 0 spiro atoms. The number of benzene rings is 3. The van der Waals surface area contributed by atoms with Crippen molar-refractivity contribution in [3.05, 3.63) is 121 Å². The van der Waals surface area contributed by atoms with Gasteiger partial charge in [-0.15, -0.1) is 0 Å². The van der Waals surface area contributed by atoms with E-state index >= 15 is 0 Å². The largest absolute Gasteiger partial charge is 0.823 e. The molecule has 0 aliphatic carbocycles. The molecule has 1 heterocycles. The quantitative estimate of drug-likeness (QED) is 0.336.